The minimum absolute atomic E-state index is 0.0228. The van der Waals surface area contributed by atoms with Crippen LogP contribution in [0.1, 0.15) is 54.0 Å². The van der Waals surface area contributed by atoms with Gasteiger partial charge in [0.15, 0.2) is 0 Å². The molecule has 0 saturated heterocycles. The first-order valence-electron chi connectivity index (χ1n) is 8.16. The molecule has 1 atom stereocenters. The lowest BCUT2D eigenvalue weighted by atomic mass is 10.2. The molecular weight excluding hydrogens is 344 g/mol. The summed E-state index contributed by atoms with van der Waals surface area (Å²) in [5.74, 6) is 0. The van der Waals surface area contributed by atoms with Crippen LogP contribution in [0, 0.1) is 6.92 Å². The van der Waals surface area contributed by atoms with Gasteiger partial charge in [-0.2, -0.15) is 0 Å². The Morgan fingerprint density at radius 3 is 2.08 bits per heavy atom. The number of halogens is 1. The Balaban J connectivity index is 3.67. The van der Waals surface area contributed by atoms with E-state index in [1.54, 1.807) is 17.0 Å². The van der Waals surface area contributed by atoms with E-state index in [4.69, 9.17) is 11.6 Å². The van der Waals surface area contributed by atoms with Gasteiger partial charge in [0.2, 0.25) is 0 Å². The highest BCUT2D eigenvalue weighted by Gasteiger charge is 2.33. The van der Waals surface area contributed by atoms with Crippen molar-refractivity contribution < 1.29 is 9.00 Å². The molecule has 0 aliphatic carbocycles. The zero-order valence-electron chi connectivity index (χ0n) is 15.9. The fourth-order valence-electron chi connectivity index (χ4n) is 2.58. The quantitative estimate of drug-likeness (QED) is 0.702. The summed E-state index contributed by atoms with van der Waals surface area (Å²) in [7, 11) is -3.00. The van der Waals surface area contributed by atoms with E-state index in [1.165, 1.54) is 0 Å². The van der Waals surface area contributed by atoms with E-state index in [2.05, 4.69) is 4.36 Å². The summed E-state index contributed by atoms with van der Waals surface area (Å²) in [5, 5.41) is 0.486. The first-order valence-corrected chi connectivity index (χ1v) is 10.1. The summed E-state index contributed by atoms with van der Waals surface area (Å²) in [6, 6.07) is 4.73. The molecule has 0 bridgehead atoms. The molecule has 1 rings (SSSR count). The number of urea groups is 1. The Labute approximate surface area is 151 Å². The average molecular weight is 373 g/mol. The van der Waals surface area contributed by atoms with Crippen molar-refractivity contribution in [3.8, 4) is 0 Å². The number of aryl methyl sites for hydroxylation is 1. The molecule has 4 nitrogen and oxygen atoms in total. The smallest absolute Gasteiger partial charge is 0.318 e. The molecule has 0 heterocycles. The van der Waals surface area contributed by atoms with Gasteiger partial charge in [0, 0.05) is 17.1 Å². The number of benzene rings is 1. The molecule has 24 heavy (non-hydrogen) atoms. The van der Waals surface area contributed by atoms with Gasteiger partial charge in [0.25, 0.3) is 0 Å². The molecule has 0 saturated carbocycles. The van der Waals surface area contributed by atoms with E-state index >= 15 is 0 Å². The summed E-state index contributed by atoms with van der Waals surface area (Å²) >= 11 is 6.11. The van der Waals surface area contributed by atoms with Gasteiger partial charge >= 0.3 is 6.03 Å². The number of rotatable bonds is 3. The summed E-state index contributed by atoms with van der Waals surface area (Å²) in [6.07, 6.45) is 0. The van der Waals surface area contributed by atoms with Crippen molar-refractivity contribution in [1.29, 1.82) is 0 Å². The third-order valence-electron chi connectivity index (χ3n) is 3.82. The Hall–Kier alpha value is -1.07. The van der Waals surface area contributed by atoms with E-state index in [9.17, 15) is 9.00 Å². The summed E-state index contributed by atoms with van der Waals surface area (Å²) < 4.78 is 17.4. The van der Waals surface area contributed by atoms with Crippen LogP contribution >= 0.6 is 11.6 Å². The summed E-state index contributed by atoms with van der Waals surface area (Å²) in [5.41, 5.74) is 0.816. The predicted octanol–water partition coefficient (Wildman–Crippen LogP) is 5.51. The van der Waals surface area contributed by atoms with Crippen LogP contribution in [0.3, 0.4) is 0 Å². The van der Waals surface area contributed by atoms with Crippen molar-refractivity contribution in [2.24, 2.45) is 4.36 Å². The molecule has 0 radical (unpaired) electrons. The maximum absolute atomic E-state index is 13.9. The van der Waals surface area contributed by atoms with Crippen molar-refractivity contribution in [2.45, 2.75) is 77.1 Å². The molecule has 0 N–H and O–H groups in total. The van der Waals surface area contributed by atoms with Crippen LogP contribution in [-0.2, 0) is 9.73 Å². The van der Waals surface area contributed by atoms with Crippen molar-refractivity contribution in [3.63, 3.8) is 0 Å². The lowest BCUT2D eigenvalue weighted by Gasteiger charge is -2.31. The van der Waals surface area contributed by atoms with E-state index in [-0.39, 0.29) is 12.1 Å². The lowest BCUT2D eigenvalue weighted by molar-refractivity contribution is 0.175. The largest absolute Gasteiger partial charge is 0.352 e. The Bertz CT molecular complexity index is 719. The van der Waals surface area contributed by atoms with Crippen LogP contribution < -0.4 is 0 Å². The molecule has 6 heteroatoms. The van der Waals surface area contributed by atoms with Gasteiger partial charge in [-0.3, -0.25) is 0 Å². The van der Waals surface area contributed by atoms with E-state index in [0.717, 1.165) is 5.56 Å². The van der Waals surface area contributed by atoms with E-state index in [0.29, 0.717) is 9.92 Å². The van der Waals surface area contributed by atoms with Gasteiger partial charge in [-0.15, -0.1) is 4.36 Å². The minimum atomic E-state index is -3.00. The SMILES string of the molecule is Cc1ccc(Cl)cc1[S@@](=O)(=NC(=O)N(C(C)C)C(C)C)C(C)(C)C. The second-order valence-electron chi connectivity index (χ2n) is 7.52. The first-order chi connectivity index (χ1) is 10.8. The number of hydrogen-bond donors (Lipinski definition) is 0. The molecule has 0 aliphatic heterocycles. The molecule has 0 unspecified atom stereocenters. The third kappa shape index (κ3) is 4.31. The summed E-state index contributed by atoms with van der Waals surface area (Å²) in [4.78, 5) is 15.0. The monoisotopic (exact) mass is 372 g/mol. The van der Waals surface area contributed by atoms with Crippen LogP contribution in [0.5, 0.6) is 0 Å². The van der Waals surface area contributed by atoms with Crippen LogP contribution in [0.2, 0.25) is 5.02 Å². The van der Waals surface area contributed by atoms with Gasteiger partial charge in [0.1, 0.15) is 0 Å². The van der Waals surface area contributed by atoms with Gasteiger partial charge in [-0.1, -0.05) is 17.7 Å². The van der Waals surface area contributed by atoms with Gasteiger partial charge in [-0.25, -0.2) is 9.00 Å². The highest BCUT2D eigenvalue weighted by molar-refractivity contribution is 7.95. The molecule has 0 spiro atoms. The molecule has 2 amide bonds. The maximum atomic E-state index is 13.9. The normalized spacial score (nSPS) is 14.6. The Kier molecular flexibility index (Phi) is 6.50. The fourth-order valence-corrected chi connectivity index (χ4v) is 4.96. The molecule has 1 aromatic rings. The number of hydrogen-bond acceptors (Lipinski definition) is 2. The molecule has 0 aromatic heterocycles. The van der Waals surface area contributed by atoms with Gasteiger partial charge in [-0.05, 0) is 73.1 Å². The average Bonchev–Trinajstić information content (AvgIpc) is 2.38. The number of carbonyl (C=O) groups excluding carboxylic acids is 1. The van der Waals surface area contributed by atoms with Crippen molar-refractivity contribution in [2.75, 3.05) is 0 Å². The minimum Gasteiger partial charge on any atom is -0.318 e. The number of nitrogens with zero attached hydrogens (tertiary/aromatic N) is 2. The van der Waals surface area contributed by atoms with Crippen molar-refractivity contribution in [1.82, 2.24) is 4.90 Å². The predicted molar refractivity (Wildman–Crippen MR) is 102 cm³/mol. The van der Waals surface area contributed by atoms with Crippen LogP contribution in [0.4, 0.5) is 4.79 Å². The van der Waals surface area contributed by atoms with Gasteiger partial charge < -0.3 is 4.90 Å². The number of carbonyl (C=O) groups is 1. The van der Waals surface area contributed by atoms with Crippen molar-refractivity contribution >= 4 is 27.4 Å². The fraction of sp³-hybridized carbons (Fsp3) is 0.611. The molecule has 1 aromatic carbocycles. The second-order valence-corrected chi connectivity index (χ2v) is 10.9. The summed E-state index contributed by atoms with van der Waals surface area (Å²) in [6.45, 7) is 15.1. The van der Waals surface area contributed by atoms with E-state index in [1.807, 2.05) is 61.5 Å². The Morgan fingerprint density at radius 1 is 1.17 bits per heavy atom. The molecule has 0 aliphatic rings. The van der Waals surface area contributed by atoms with Crippen LogP contribution in [-0.4, -0.2) is 32.0 Å². The standard InChI is InChI=1S/C18H29ClN2O2S/c1-12(2)21(13(3)4)17(22)20-24(23,18(6,7)8)16-11-15(19)10-9-14(16)5/h9-13H,1-8H3/t24-/m0/s1. The highest BCUT2D eigenvalue weighted by atomic mass is 35.5. The lowest BCUT2D eigenvalue weighted by Crippen LogP contribution is -2.41. The van der Waals surface area contributed by atoms with Crippen molar-refractivity contribution in [3.05, 3.63) is 28.8 Å². The second kappa shape index (κ2) is 7.44. The van der Waals surface area contributed by atoms with Gasteiger partial charge in [0.05, 0.1) is 19.4 Å². The molecule has 0 fully saturated rings. The third-order valence-corrected chi connectivity index (χ3v) is 7.16. The first kappa shape index (κ1) is 21.0. The Morgan fingerprint density at radius 2 is 1.67 bits per heavy atom. The maximum Gasteiger partial charge on any atom is 0.352 e. The van der Waals surface area contributed by atoms with Crippen LogP contribution in [0.15, 0.2) is 27.5 Å². The molecule has 136 valence electrons. The molecular formula is C18H29ClN2O2S. The zero-order chi connectivity index (χ0) is 18.9. The zero-order valence-corrected chi connectivity index (χ0v) is 17.5. The van der Waals surface area contributed by atoms with E-state index < -0.39 is 20.5 Å². The van der Waals surface area contributed by atoms with Crippen LogP contribution in [0.25, 0.3) is 0 Å². The highest BCUT2D eigenvalue weighted by Crippen LogP contribution is 2.32. The number of amides is 2. The topological polar surface area (TPSA) is 49.7 Å².